The zero-order valence-corrected chi connectivity index (χ0v) is 11.1. The van der Waals surface area contributed by atoms with Gasteiger partial charge in [0, 0.05) is 20.7 Å². The fourth-order valence-electron chi connectivity index (χ4n) is 1.29. The van der Waals surface area contributed by atoms with Crippen LogP contribution in [0.4, 0.5) is 5.00 Å². The Kier molecular flexibility index (Phi) is 5.60. The second-order valence-corrected chi connectivity index (χ2v) is 4.70. The van der Waals surface area contributed by atoms with Gasteiger partial charge in [0.2, 0.25) is 5.91 Å². The third kappa shape index (κ3) is 4.34. The van der Waals surface area contributed by atoms with Gasteiger partial charge in [-0.3, -0.25) is 4.79 Å². The molecule has 0 saturated heterocycles. The van der Waals surface area contributed by atoms with Gasteiger partial charge in [-0.15, -0.1) is 11.3 Å². The number of carbonyl (C=O) groups excluding carboxylic acids is 1. The van der Waals surface area contributed by atoms with Crippen LogP contribution < -0.4 is 10.2 Å². The third-order valence-electron chi connectivity index (χ3n) is 2.19. The van der Waals surface area contributed by atoms with Crippen LogP contribution in [0.1, 0.15) is 9.67 Å². The maximum Gasteiger partial charge on any atom is 0.345 e. The van der Waals surface area contributed by atoms with Crippen molar-refractivity contribution >= 4 is 28.2 Å². The van der Waals surface area contributed by atoms with E-state index in [0.29, 0.717) is 13.2 Å². The number of likely N-dealkylation sites (N-methyl/N-ethyl adjacent to an activating group) is 1. The molecule has 0 atom stereocenters. The lowest BCUT2D eigenvalue weighted by Gasteiger charge is -2.16. The Bertz CT molecular complexity index is 419. The first-order valence-corrected chi connectivity index (χ1v) is 6.16. The predicted molar refractivity (Wildman–Crippen MR) is 69.4 cm³/mol. The van der Waals surface area contributed by atoms with Gasteiger partial charge < -0.3 is 20.1 Å². The van der Waals surface area contributed by atoms with Crippen LogP contribution in [0.15, 0.2) is 12.1 Å². The Morgan fingerprint density at radius 2 is 2.22 bits per heavy atom. The quantitative estimate of drug-likeness (QED) is 0.712. The second kappa shape index (κ2) is 6.97. The van der Waals surface area contributed by atoms with Gasteiger partial charge in [-0.1, -0.05) is 0 Å². The van der Waals surface area contributed by atoms with E-state index in [1.54, 1.807) is 25.1 Å². The highest BCUT2D eigenvalue weighted by Gasteiger charge is 2.12. The van der Waals surface area contributed by atoms with Crippen LogP contribution in [0.3, 0.4) is 0 Å². The molecule has 1 aromatic rings. The summed E-state index contributed by atoms with van der Waals surface area (Å²) in [5.74, 6) is -1.08. The van der Waals surface area contributed by atoms with Crippen molar-refractivity contribution in [2.75, 3.05) is 38.8 Å². The number of carbonyl (C=O) groups is 2. The van der Waals surface area contributed by atoms with Crippen molar-refractivity contribution in [2.24, 2.45) is 0 Å². The summed E-state index contributed by atoms with van der Waals surface area (Å²) in [4.78, 5) is 24.2. The topological polar surface area (TPSA) is 78.9 Å². The van der Waals surface area contributed by atoms with Gasteiger partial charge in [-0.05, 0) is 12.1 Å². The summed E-state index contributed by atoms with van der Waals surface area (Å²) in [5, 5.41) is 12.2. The Labute approximate surface area is 109 Å². The minimum atomic E-state index is -0.954. The van der Waals surface area contributed by atoms with Crippen molar-refractivity contribution in [3.05, 3.63) is 17.0 Å². The zero-order valence-electron chi connectivity index (χ0n) is 10.3. The van der Waals surface area contributed by atoms with Crippen molar-refractivity contribution in [3.63, 3.8) is 0 Å². The van der Waals surface area contributed by atoms with Crippen LogP contribution >= 0.6 is 11.3 Å². The minimum absolute atomic E-state index is 0.125. The zero-order chi connectivity index (χ0) is 13.5. The molecule has 0 spiro atoms. The van der Waals surface area contributed by atoms with Gasteiger partial charge in [0.05, 0.1) is 18.2 Å². The Morgan fingerprint density at radius 3 is 2.78 bits per heavy atom. The van der Waals surface area contributed by atoms with E-state index < -0.39 is 5.97 Å². The molecule has 7 heteroatoms. The summed E-state index contributed by atoms with van der Waals surface area (Å²) in [6, 6.07) is 3.22. The second-order valence-electron chi connectivity index (χ2n) is 3.64. The Morgan fingerprint density at radius 1 is 1.50 bits per heavy atom. The van der Waals surface area contributed by atoms with Crippen LogP contribution in [0, 0.1) is 0 Å². The van der Waals surface area contributed by atoms with E-state index in [1.165, 1.54) is 6.07 Å². The molecular formula is C11H16N2O4S. The highest BCUT2D eigenvalue weighted by molar-refractivity contribution is 7.17. The maximum atomic E-state index is 11.5. The van der Waals surface area contributed by atoms with E-state index in [-0.39, 0.29) is 17.3 Å². The average Bonchev–Trinajstić information content (AvgIpc) is 2.78. The summed E-state index contributed by atoms with van der Waals surface area (Å²) in [5.41, 5.74) is 0. The van der Waals surface area contributed by atoms with Crippen molar-refractivity contribution in [2.45, 2.75) is 0 Å². The van der Waals surface area contributed by atoms with E-state index in [0.717, 1.165) is 16.3 Å². The van der Waals surface area contributed by atoms with E-state index in [1.807, 2.05) is 0 Å². The van der Waals surface area contributed by atoms with Gasteiger partial charge in [0.15, 0.2) is 0 Å². The number of ether oxygens (including phenoxy) is 1. The van der Waals surface area contributed by atoms with Gasteiger partial charge in [-0.25, -0.2) is 4.79 Å². The number of aromatic carboxylic acids is 1. The van der Waals surface area contributed by atoms with Gasteiger partial charge in [0.1, 0.15) is 4.88 Å². The molecule has 0 saturated carbocycles. The van der Waals surface area contributed by atoms with Crippen molar-refractivity contribution in [1.29, 1.82) is 0 Å². The normalized spacial score (nSPS) is 10.1. The summed E-state index contributed by atoms with van der Waals surface area (Å²) >= 11 is 1.14. The van der Waals surface area contributed by atoms with Gasteiger partial charge in [0.25, 0.3) is 0 Å². The molecule has 2 N–H and O–H groups in total. The molecule has 1 amide bonds. The molecule has 0 radical (unpaired) electrons. The number of nitrogens with one attached hydrogen (secondary N) is 1. The number of methoxy groups -OCH3 is 1. The van der Waals surface area contributed by atoms with Crippen LogP contribution in [-0.2, 0) is 9.53 Å². The largest absolute Gasteiger partial charge is 0.477 e. The summed E-state index contributed by atoms with van der Waals surface area (Å²) in [7, 11) is 3.31. The molecular weight excluding hydrogens is 256 g/mol. The monoisotopic (exact) mass is 272 g/mol. The molecule has 0 bridgehead atoms. The number of hydrogen-bond donors (Lipinski definition) is 2. The fraction of sp³-hybridized carbons (Fsp3) is 0.455. The first kappa shape index (κ1) is 14.5. The molecule has 0 aliphatic rings. The summed E-state index contributed by atoms with van der Waals surface area (Å²) < 4.78 is 4.82. The summed E-state index contributed by atoms with van der Waals surface area (Å²) in [6.07, 6.45) is 0. The fourth-order valence-corrected chi connectivity index (χ4v) is 2.09. The molecule has 18 heavy (non-hydrogen) atoms. The number of hydrogen-bond acceptors (Lipinski definition) is 5. The lowest BCUT2D eigenvalue weighted by atomic mass is 10.4. The highest BCUT2D eigenvalue weighted by atomic mass is 32.1. The van der Waals surface area contributed by atoms with Crippen LogP contribution in [-0.4, -0.2) is 50.8 Å². The number of amides is 1. The number of nitrogens with zero attached hydrogens (tertiary/aromatic N) is 1. The molecule has 100 valence electrons. The number of thiophene rings is 1. The molecule has 1 heterocycles. The highest BCUT2D eigenvalue weighted by Crippen LogP contribution is 2.24. The van der Waals surface area contributed by atoms with Crippen molar-refractivity contribution < 1.29 is 19.4 Å². The number of carboxylic acid groups (broad SMARTS) is 1. The van der Waals surface area contributed by atoms with Crippen LogP contribution in [0.2, 0.25) is 0 Å². The molecule has 1 aromatic heterocycles. The molecule has 0 aliphatic carbocycles. The van der Waals surface area contributed by atoms with Crippen molar-refractivity contribution in [1.82, 2.24) is 5.32 Å². The first-order chi connectivity index (χ1) is 8.54. The molecule has 0 unspecified atom stereocenters. The lowest BCUT2D eigenvalue weighted by Crippen LogP contribution is -2.36. The molecule has 1 rings (SSSR count). The SMILES string of the molecule is COCCNC(=O)CN(C)c1ccc(C(=O)O)s1. The maximum absolute atomic E-state index is 11.5. The molecule has 0 aromatic carbocycles. The number of anilines is 1. The number of carboxylic acids is 1. The van der Waals surface area contributed by atoms with E-state index in [2.05, 4.69) is 5.32 Å². The van der Waals surface area contributed by atoms with E-state index in [4.69, 9.17) is 9.84 Å². The predicted octanol–water partition coefficient (Wildman–Crippen LogP) is 0.645. The Balaban J connectivity index is 2.46. The smallest absolute Gasteiger partial charge is 0.345 e. The minimum Gasteiger partial charge on any atom is -0.477 e. The van der Waals surface area contributed by atoms with Crippen LogP contribution in [0.25, 0.3) is 0 Å². The van der Waals surface area contributed by atoms with Gasteiger partial charge in [-0.2, -0.15) is 0 Å². The molecule has 0 fully saturated rings. The van der Waals surface area contributed by atoms with Crippen molar-refractivity contribution in [3.8, 4) is 0 Å². The van der Waals surface area contributed by atoms with E-state index in [9.17, 15) is 9.59 Å². The molecule has 0 aliphatic heterocycles. The Hall–Kier alpha value is -1.60. The molecule has 6 nitrogen and oxygen atoms in total. The number of rotatable bonds is 7. The van der Waals surface area contributed by atoms with Gasteiger partial charge >= 0.3 is 5.97 Å². The lowest BCUT2D eigenvalue weighted by molar-refractivity contribution is -0.119. The average molecular weight is 272 g/mol. The van der Waals surface area contributed by atoms with Crippen LogP contribution in [0.5, 0.6) is 0 Å². The van der Waals surface area contributed by atoms with E-state index >= 15 is 0 Å². The first-order valence-electron chi connectivity index (χ1n) is 5.34. The summed E-state index contributed by atoms with van der Waals surface area (Å²) in [6.45, 7) is 1.12. The third-order valence-corrected chi connectivity index (χ3v) is 3.38. The standard InChI is InChI=1S/C11H16N2O4S/c1-13(7-9(14)12-5-6-17-2)10-4-3-8(18-10)11(15)16/h3-4H,5-7H2,1-2H3,(H,12,14)(H,15,16).